The van der Waals surface area contributed by atoms with E-state index in [2.05, 4.69) is 31.4 Å². The number of guanidine groups is 1. The number of hydrogen-bond acceptors (Lipinski definition) is 7. The molecule has 1 heterocycles. The highest BCUT2D eigenvalue weighted by atomic mass is 15.4. The second kappa shape index (κ2) is 7.59. The molecule has 0 saturated heterocycles. The third kappa shape index (κ3) is 3.94. The molecule has 0 bridgehead atoms. The Hall–Kier alpha value is -2.80. The molecule has 1 rings (SSSR count). The van der Waals surface area contributed by atoms with Crippen molar-refractivity contribution in [1.82, 2.24) is 10.9 Å². The Morgan fingerprint density at radius 1 is 1.44 bits per heavy atom. The van der Waals surface area contributed by atoms with Crippen LogP contribution in [0.25, 0.3) is 5.41 Å². The molecule has 0 aromatic rings. The van der Waals surface area contributed by atoms with E-state index in [9.17, 15) is 0 Å². The third-order valence-electron chi connectivity index (χ3n) is 1.16. The normalized spacial score (nSPS) is 11.3. The van der Waals surface area contributed by atoms with Gasteiger partial charge in [-0.1, -0.05) is 0 Å². The molecule has 0 spiro atoms. The molecule has 84 valence electrons. The standard InChI is InChI=1S/C4N5.CH8N6/c5-1-3-4(2-6)8-9-7-3;2-5-1(6-3)7-4/h;2-4H2,(H2,5,6,7)/q-1;/p+1. The Bertz CT molecular complexity index is 397. The molecule has 0 aromatic heterocycles. The summed E-state index contributed by atoms with van der Waals surface area (Å²) in [6.07, 6.45) is 0. The Morgan fingerprint density at radius 3 is 2.31 bits per heavy atom. The van der Waals surface area contributed by atoms with E-state index in [0.717, 1.165) is 0 Å². The van der Waals surface area contributed by atoms with Crippen molar-refractivity contribution in [2.75, 3.05) is 0 Å². The van der Waals surface area contributed by atoms with Crippen LogP contribution in [0, 0.1) is 11.3 Å². The number of nitrogens with two attached hydrogens (primary N) is 3. The topological polar surface area (TPSA) is 199 Å². The summed E-state index contributed by atoms with van der Waals surface area (Å²) in [5.41, 5.74) is 4.26. The van der Waals surface area contributed by atoms with Crippen molar-refractivity contribution in [3.8, 4) is 6.07 Å². The molecule has 9 N–H and O–H groups in total. The number of nitriles is 1. The number of hydrazine groups is 3. The van der Waals surface area contributed by atoms with Gasteiger partial charge in [-0.2, -0.15) is 22.0 Å². The van der Waals surface area contributed by atoms with Gasteiger partial charge in [-0.15, -0.1) is 10.2 Å². The first-order valence-corrected chi connectivity index (χ1v) is 3.66. The van der Waals surface area contributed by atoms with Crippen LogP contribution in [0.1, 0.15) is 0 Å². The summed E-state index contributed by atoms with van der Waals surface area (Å²) in [6, 6.07) is 1.67. The molecule has 0 aromatic carbocycles. The van der Waals surface area contributed by atoms with Crippen molar-refractivity contribution < 1.29 is 5.10 Å². The fourth-order valence-corrected chi connectivity index (χ4v) is 0.482. The minimum atomic E-state index is -0.0162. The summed E-state index contributed by atoms with van der Waals surface area (Å²) in [4.78, 5) is 0. The number of rotatable bonds is 0. The second-order valence-corrected chi connectivity index (χ2v) is 2.02. The summed E-state index contributed by atoms with van der Waals surface area (Å²) in [7, 11) is 0. The van der Waals surface area contributed by atoms with Gasteiger partial charge in [0.25, 0.3) is 0 Å². The highest BCUT2D eigenvalue weighted by Gasteiger charge is 2.07. The highest BCUT2D eigenvalue weighted by molar-refractivity contribution is 6.16. The maximum Gasteiger partial charge on any atom is 0.398 e. The highest BCUT2D eigenvalue weighted by Crippen LogP contribution is 2.04. The van der Waals surface area contributed by atoms with E-state index in [0.29, 0.717) is 0 Å². The largest absolute Gasteiger partial charge is 0.761 e. The van der Waals surface area contributed by atoms with Crippen molar-refractivity contribution in [3.63, 3.8) is 0 Å². The van der Waals surface area contributed by atoms with Crippen molar-refractivity contribution in [2.45, 2.75) is 0 Å². The molecule has 0 unspecified atom stereocenters. The summed E-state index contributed by atoms with van der Waals surface area (Å²) < 4.78 is 0. The van der Waals surface area contributed by atoms with Crippen molar-refractivity contribution in [2.24, 2.45) is 33.0 Å². The first kappa shape index (κ1) is 13.2. The zero-order valence-corrected chi connectivity index (χ0v) is 7.97. The molecule has 0 amide bonds. The number of hydrazone groups is 1. The van der Waals surface area contributed by atoms with E-state index in [1.54, 1.807) is 11.9 Å². The molecular weight excluding hydrogens is 214 g/mol. The van der Waals surface area contributed by atoms with Gasteiger partial charge >= 0.3 is 5.96 Å². The van der Waals surface area contributed by atoms with Gasteiger partial charge in [0.1, 0.15) is 11.8 Å². The molecule has 0 fully saturated rings. The predicted octanol–water partition coefficient (Wildman–Crippen LogP) is -4.32. The fraction of sp³-hybridized carbons (Fsp3) is 0. The maximum atomic E-state index is 8.19. The summed E-state index contributed by atoms with van der Waals surface area (Å²) in [6.45, 7) is 0. The van der Waals surface area contributed by atoms with Crippen molar-refractivity contribution in [3.05, 3.63) is 11.1 Å². The van der Waals surface area contributed by atoms with E-state index in [-0.39, 0.29) is 17.4 Å². The Morgan fingerprint density at radius 2 is 2.06 bits per heavy atom. The minimum Gasteiger partial charge on any atom is -0.761 e. The zero-order valence-electron chi connectivity index (χ0n) is 7.97. The molecule has 0 saturated carbocycles. The number of nitrogens with one attached hydrogen (secondary N) is 3. The summed E-state index contributed by atoms with van der Waals surface area (Å²) >= 11 is 0. The van der Waals surface area contributed by atoms with E-state index in [4.69, 9.17) is 28.2 Å². The van der Waals surface area contributed by atoms with Gasteiger partial charge in [-0.25, -0.2) is 16.7 Å². The number of hydrogen-bond donors (Lipinski definition) is 6. The van der Waals surface area contributed by atoms with E-state index < -0.39 is 0 Å². The molecular formula is C5H9N11. The third-order valence-corrected chi connectivity index (χ3v) is 1.16. The number of nitrogens with zero attached hydrogens (tertiary/aromatic N) is 5. The first-order valence-electron chi connectivity index (χ1n) is 3.66. The lowest BCUT2D eigenvalue weighted by Gasteiger charge is -1.89. The monoisotopic (exact) mass is 223 g/mol. The smallest absolute Gasteiger partial charge is 0.398 e. The van der Waals surface area contributed by atoms with Crippen LogP contribution in [0.5, 0.6) is 0 Å². The Balaban J connectivity index is 0.000000293. The molecule has 0 atom stereocenters. The molecule has 16 heavy (non-hydrogen) atoms. The lowest BCUT2D eigenvalue weighted by atomic mass is 10.3. The molecule has 1 aliphatic heterocycles. The second-order valence-electron chi connectivity index (χ2n) is 2.02. The van der Waals surface area contributed by atoms with Gasteiger partial charge in [0.05, 0.1) is 0 Å². The van der Waals surface area contributed by atoms with Crippen LogP contribution in [0.4, 0.5) is 0 Å². The molecule has 11 nitrogen and oxygen atoms in total. The lowest BCUT2D eigenvalue weighted by Crippen LogP contribution is -2.86. The van der Waals surface area contributed by atoms with Gasteiger partial charge in [-0.05, 0) is 5.22 Å². The van der Waals surface area contributed by atoms with Crippen LogP contribution in [0.2, 0.25) is 0 Å². The molecule has 1 aliphatic rings. The average molecular weight is 223 g/mol. The minimum absolute atomic E-state index is 0.0162. The molecule has 11 heteroatoms. The molecule has 0 radical (unpaired) electrons. The van der Waals surface area contributed by atoms with Crippen LogP contribution >= 0.6 is 0 Å². The van der Waals surface area contributed by atoms with Crippen LogP contribution < -0.4 is 33.5 Å². The van der Waals surface area contributed by atoms with E-state index in [1.165, 1.54) is 0 Å². The van der Waals surface area contributed by atoms with Crippen molar-refractivity contribution in [1.29, 1.82) is 5.26 Å². The number of allylic oxidation sites excluding steroid dienone is 1. The quantitative estimate of drug-likeness (QED) is 0.104. The van der Waals surface area contributed by atoms with Crippen LogP contribution in [-0.2, 0) is 0 Å². The van der Waals surface area contributed by atoms with Crippen molar-refractivity contribution >= 4 is 17.5 Å². The molecule has 0 aliphatic carbocycles. The van der Waals surface area contributed by atoms with Crippen LogP contribution in [0.3, 0.4) is 0 Å². The van der Waals surface area contributed by atoms with E-state index in [1.807, 2.05) is 0 Å². The van der Waals surface area contributed by atoms with Gasteiger partial charge in [0.15, 0.2) is 5.71 Å². The van der Waals surface area contributed by atoms with Gasteiger partial charge in [0.2, 0.25) is 0 Å². The van der Waals surface area contributed by atoms with E-state index >= 15 is 0 Å². The van der Waals surface area contributed by atoms with Gasteiger partial charge in [0, 0.05) is 0 Å². The Labute approximate surface area is 89.8 Å². The predicted molar refractivity (Wildman–Crippen MR) is 54.6 cm³/mol. The SMILES string of the molecule is N#CC1=NN=NC1=C=[N-].NNC(NN)=[NH+]N. The summed E-state index contributed by atoms with van der Waals surface area (Å²) in [5.74, 6) is 16.4. The van der Waals surface area contributed by atoms with Crippen LogP contribution in [0.15, 0.2) is 21.1 Å². The maximum absolute atomic E-state index is 8.19. The fourth-order valence-electron chi connectivity index (χ4n) is 0.482. The average Bonchev–Trinajstić information content (AvgIpc) is 2.79. The van der Waals surface area contributed by atoms with Gasteiger partial charge in [-0.3, -0.25) is 5.84 Å². The first-order chi connectivity index (χ1) is 7.73. The van der Waals surface area contributed by atoms with Gasteiger partial charge < -0.3 is 5.41 Å². The Kier molecular flexibility index (Phi) is 6.26. The zero-order chi connectivity index (χ0) is 12.4. The van der Waals surface area contributed by atoms with Crippen LogP contribution in [-0.4, -0.2) is 17.5 Å². The lowest BCUT2D eigenvalue weighted by molar-refractivity contribution is -0.474. The summed E-state index contributed by atoms with van der Waals surface area (Å²) in [5, 5.41) is 28.2.